The van der Waals surface area contributed by atoms with Crippen molar-refractivity contribution in [1.82, 2.24) is 0 Å². The summed E-state index contributed by atoms with van der Waals surface area (Å²) in [6.07, 6.45) is -0.458. The zero-order chi connectivity index (χ0) is 12.0. The second kappa shape index (κ2) is 6.43. The largest absolute Gasteiger partial charge is 0.454 e. The summed E-state index contributed by atoms with van der Waals surface area (Å²) in [5, 5.41) is 0.540. The third kappa shape index (κ3) is 3.77. The Kier molecular flexibility index (Phi) is 5.19. The van der Waals surface area contributed by atoms with E-state index in [0.717, 1.165) is 0 Å². The van der Waals surface area contributed by atoms with Crippen LogP contribution >= 0.6 is 15.9 Å². The van der Waals surface area contributed by atoms with Crippen molar-refractivity contribution in [2.45, 2.75) is 19.4 Å². The third-order valence-electron chi connectivity index (χ3n) is 2.03. The van der Waals surface area contributed by atoms with Gasteiger partial charge in [0, 0.05) is 10.9 Å². The lowest BCUT2D eigenvalue weighted by Gasteiger charge is -2.11. The number of alkyl halides is 1. The van der Waals surface area contributed by atoms with Gasteiger partial charge in [0.2, 0.25) is 5.78 Å². The second-order valence-electron chi connectivity index (χ2n) is 3.30. The summed E-state index contributed by atoms with van der Waals surface area (Å²) in [5.41, 5.74) is 0.557. The normalized spacial score (nSPS) is 11.9. The monoisotopic (exact) mass is 284 g/mol. The SMILES string of the molecule is CC(OC(=O)CCBr)C(=O)c1ccccc1. The minimum atomic E-state index is -0.728. The van der Waals surface area contributed by atoms with Gasteiger partial charge in [-0.3, -0.25) is 9.59 Å². The topological polar surface area (TPSA) is 43.4 Å². The first-order valence-electron chi connectivity index (χ1n) is 5.00. The highest BCUT2D eigenvalue weighted by molar-refractivity contribution is 9.09. The van der Waals surface area contributed by atoms with E-state index in [4.69, 9.17) is 4.74 Å². The zero-order valence-electron chi connectivity index (χ0n) is 8.98. The maximum atomic E-state index is 11.8. The zero-order valence-corrected chi connectivity index (χ0v) is 10.6. The summed E-state index contributed by atoms with van der Waals surface area (Å²) < 4.78 is 4.99. The number of Topliss-reactive ketones (excluding diaryl/α,β-unsaturated/α-hetero) is 1. The molecule has 0 aliphatic heterocycles. The van der Waals surface area contributed by atoms with E-state index >= 15 is 0 Å². The molecule has 0 spiro atoms. The molecule has 0 bridgehead atoms. The van der Waals surface area contributed by atoms with Crippen LogP contribution in [0.4, 0.5) is 0 Å². The van der Waals surface area contributed by atoms with E-state index in [2.05, 4.69) is 15.9 Å². The van der Waals surface area contributed by atoms with Crippen molar-refractivity contribution in [2.75, 3.05) is 5.33 Å². The Hall–Kier alpha value is -1.16. The first-order chi connectivity index (χ1) is 7.65. The van der Waals surface area contributed by atoms with E-state index in [9.17, 15) is 9.59 Å². The average molecular weight is 285 g/mol. The quantitative estimate of drug-likeness (QED) is 0.474. The van der Waals surface area contributed by atoms with Crippen molar-refractivity contribution >= 4 is 27.7 Å². The maximum Gasteiger partial charge on any atom is 0.307 e. The lowest BCUT2D eigenvalue weighted by Crippen LogP contribution is -2.24. The van der Waals surface area contributed by atoms with Gasteiger partial charge in [-0.2, -0.15) is 0 Å². The molecule has 0 fully saturated rings. The van der Waals surface area contributed by atoms with Crippen molar-refractivity contribution in [3.8, 4) is 0 Å². The van der Waals surface area contributed by atoms with Gasteiger partial charge in [-0.25, -0.2) is 0 Å². The molecule has 0 aliphatic rings. The molecule has 0 saturated heterocycles. The van der Waals surface area contributed by atoms with Crippen LogP contribution in [0.2, 0.25) is 0 Å². The van der Waals surface area contributed by atoms with Crippen LogP contribution in [0.1, 0.15) is 23.7 Å². The lowest BCUT2D eigenvalue weighted by molar-refractivity contribution is -0.145. The standard InChI is InChI=1S/C12H13BrO3/c1-9(16-11(14)7-8-13)12(15)10-5-3-2-4-6-10/h2-6,9H,7-8H2,1H3. The van der Waals surface area contributed by atoms with Gasteiger partial charge in [-0.1, -0.05) is 46.3 Å². The number of benzene rings is 1. The molecular formula is C12H13BrO3. The van der Waals surface area contributed by atoms with Crippen LogP contribution in [0.3, 0.4) is 0 Å². The van der Waals surface area contributed by atoms with Crippen molar-refractivity contribution < 1.29 is 14.3 Å². The van der Waals surface area contributed by atoms with Crippen LogP contribution in [0.15, 0.2) is 30.3 Å². The fourth-order valence-electron chi connectivity index (χ4n) is 1.22. The minimum absolute atomic E-state index is 0.177. The molecule has 86 valence electrons. The molecule has 0 amide bonds. The third-order valence-corrected chi connectivity index (χ3v) is 2.43. The number of carbonyl (C=O) groups excluding carboxylic acids is 2. The minimum Gasteiger partial charge on any atom is -0.454 e. The van der Waals surface area contributed by atoms with Gasteiger partial charge < -0.3 is 4.74 Å². The summed E-state index contributed by atoms with van der Waals surface area (Å²) in [6.45, 7) is 1.58. The van der Waals surface area contributed by atoms with Crippen LogP contribution in [0.25, 0.3) is 0 Å². The van der Waals surface area contributed by atoms with E-state index in [-0.39, 0.29) is 18.2 Å². The van der Waals surface area contributed by atoms with Crippen LogP contribution in [0.5, 0.6) is 0 Å². The fourth-order valence-corrected chi connectivity index (χ4v) is 1.55. The Morgan fingerprint density at radius 1 is 1.31 bits per heavy atom. The fraction of sp³-hybridized carbons (Fsp3) is 0.333. The summed E-state index contributed by atoms with van der Waals surface area (Å²) in [5.74, 6) is -0.544. The van der Waals surface area contributed by atoms with E-state index in [0.29, 0.717) is 10.9 Å². The number of ketones is 1. The average Bonchev–Trinajstić information content (AvgIpc) is 2.29. The molecule has 1 aromatic carbocycles. The molecule has 0 heterocycles. The van der Waals surface area contributed by atoms with Crippen molar-refractivity contribution in [3.05, 3.63) is 35.9 Å². The summed E-state index contributed by atoms with van der Waals surface area (Å²) in [6, 6.07) is 8.80. The highest BCUT2D eigenvalue weighted by Crippen LogP contribution is 2.07. The molecule has 0 aromatic heterocycles. The highest BCUT2D eigenvalue weighted by atomic mass is 79.9. The van der Waals surface area contributed by atoms with Gasteiger partial charge in [0.15, 0.2) is 6.10 Å². The van der Waals surface area contributed by atoms with Gasteiger partial charge in [-0.15, -0.1) is 0 Å². The summed E-state index contributed by atoms with van der Waals surface area (Å²) in [4.78, 5) is 23.0. The molecule has 1 rings (SSSR count). The van der Waals surface area contributed by atoms with E-state index in [1.54, 1.807) is 31.2 Å². The Morgan fingerprint density at radius 2 is 1.94 bits per heavy atom. The number of hydrogen-bond acceptors (Lipinski definition) is 3. The van der Waals surface area contributed by atoms with Gasteiger partial charge in [0.1, 0.15) is 0 Å². The second-order valence-corrected chi connectivity index (χ2v) is 4.09. The van der Waals surface area contributed by atoms with Crippen LogP contribution in [-0.4, -0.2) is 23.2 Å². The van der Waals surface area contributed by atoms with E-state index in [1.165, 1.54) is 0 Å². The Labute approximate surface area is 103 Å². The van der Waals surface area contributed by atoms with Crippen molar-refractivity contribution in [2.24, 2.45) is 0 Å². The van der Waals surface area contributed by atoms with Gasteiger partial charge >= 0.3 is 5.97 Å². The Bertz CT molecular complexity index is 362. The Balaban J connectivity index is 2.58. The lowest BCUT2D eigenvalue weighted by atomic mass is 10.1. The molecular weight excluding hydrogens is 272 g/mol. The van der Waals surface area contributed by atoms with Crippen molar-refractivity contribution in [1.29, 1.82) is 0 Å². The van der Waals surface area contributed by atoms with Crippen molar-refractivity contribution in [3.63, 3.8) is 0 Å². The molecule has 0 saturated carbocycles. The molecule has 1 atom stereocenters. The Morgan fingerprint density at radius 3 is 2.50 bits per heavy atom. The van der Waals surface area contributed by atoms with Gasteiger partial charge in [-0.05, 0) is 6.92 Å². The predicted molar refractivity (Wildman–Crippen MR) is 64.7 cm³/mol. The maximum absolute atomic E-state index is 11.8. The molecule has 16 heavy (non-hydrogen) atoms. The van der Waals surface area contributed by atoms with E-state index < -0.39 is 6.10 Å². The molecule has 1 aromatic rings. The molecule has 4 heteroatoms. The number of rotatable bonds is 5. The smallest absolute Gasteiger partial charge is 0.307 e. The molecule has 3 nitrogen and oxygen atoms in total. The first-order valence-corrected chi connectivity index (χ1v) is 6.12. The van der Waals surface area contributed by atoms with Gasteiger partial charge in [0.25, 0.3) is 0 Å². The number of esters is 1. The molecule has 0 N–H and O–H groups in total. The number of carbonyl (C=O) groups is 2. The van der Waals surface area contributed by atoms with Crippen LogP contribution in [-0.2, 0) is 9.53 Å². The number of hydrogen-bond donors (Lipinski definition) is 0. The van der Waals surface area contributed by atoms with Crippen LogP contribution < -0.4 is 0 Å². The summed E-state index contributed by atoms with van der Waals surface area (Å²) in [7, 11) is 0. The predicted octanol–water partition coefficient (Wildman–Crippen LogP) is 2.59. The van der Waals surface area contributed by atoms with E-state index in [1.807, 2.05) is 6.07 Å². The van der Waals surface area contributed by atoms with Crippen LogP contribution in [0, 0.1) is 0 Å². The molecule has 0 radical (unpaired) electrons. The molecule has 1 unspecified atom stereocenters. The highest BCUT2D eigenvalue weighted by Gasteiger charge is 2.18. The summed E-state index contributed by atoms with van der Waals surface area (Å²) >= 11 is 3.14. The number of halogens is 1. The number of ether oxygens (including phenoxy) is 1. The van der Waals surface area contributed by atoms with Gasteiger partial charge in [0.05, 0.1) is 6.42 Å². The molecule has 0 aliphatic carbocycles. The first kappa shape index (κ1) is 12.9.